The van der Waals surface area contributed by atoms with Gasteiger partial charge < -0.3 is 0 Å². The Balaban J connectivity index is 1.80. The quantitative estimate of drug-likeness (QED) is 0.416. The number of hydrogen-bond acceptors (Lipinski definition) is 5. The molecule has 1 heterocycles. The van der Waals surface area contributed by atoms with Gasteiger partial charge in [-0.2, -0.15) is 5.10 Å². The van der Waals surface area contributed by atoms with Crippen molar-refractivity contribution in [1.29, 1.82) is 0 Å². The van der Waals surface area contributed by atoms with Gasteiger partial charge in [-0.1, -0.05) is 18.2 Å². The molecule has 0 atom stereocenters. The average Bonchev–Trinajstić information content (AvgIpc) is 2.91. The minimum atomic E-state index is -0.541. The van der Waals surface area contributed by atoms with Crippen molar-refractivity contribution in [2.75, 3.05) is 0 Å². The fourth-order valence-electron chi connectivity index (χ4n) is 2.75. The van der Waals surface area contributed by atoms with Crippen LogP contribution in [0.4, 0.5) is 5.69 Å². The summed E-state index contributed by atoms with van der Waals surface area (Å²) in [6, 6.07) is 14.3. The van der Waals surface area contributed by atoms with Crippen LogP contribution >= 0.6 is 0 Å². The zero-order valence-corrected chi connectivity index (χ0v) is 15.2. The van der Waals surface area contributed by atoms with Gasteiger partial charge in [-0.25, -0.2) is 10.1 Å². The Morgan fingerprint density at radius 3 is 2.39 bits per heavy atom. The largest absolute Gasteiger partial charge is 0.279 e. The number of nitrogens with zero attached hydrogens (tertiary/aromatic N) is 4. The number of nitrogens with one attached hydrogen (secondary N) is 1. The molecule has 0 aliphatic rings. The second-order valence-electron chi connectivity index (χ2n) is 5.99. The number of carbonyl (C=O) groups excluding carboxylic acids is 1. The minimum Gasteiger partial charge on any atom is -0.279 e. The van der Waals surface area contributed by atoms with E-state index in [4.69, 9.17) is 0 Å². The summed E-state index contributed by atoms with van der Waals surface area (Å²) in [5.74, 6) is -0.517. The smallest absolute Gasteiger partial charge is 0.274 e. The molecule has 9 heteroatoms. The molecule has 3 rings (SSSR count). The van der Waals surface area contributed by atoms with Gasteiger partial charge in [0.2, 0.25) is 0 Å². The van der Waals surface area contributed by atoms with Crippen molar-refractivity contribution in [3.8, 4) is 5.69 Å². The topological polar surface area (TPSA) is 112 Å². The monoisotopic (exact) mass is 379 g/mol. The summed E-state index contributed by atoms with van der Waals surface area (Å²) in [4.78, 5) is 34.8. The summed E-state index contributed by atoms with van der Waals surface area (Å²) in [7, 11) is 1.72. The number of nitro benzene ring substituents is 1. The standard InChI is InChI=1S/C19H17N5O4/c1-13-17(22(2)23(19(13)26)15-6-4-3-5-7-15)12-20-21-18(25)14-8-10-16(11-9-14)24(27)28/h3-12H,1-2H3,(H,21,25)/b20-12-. The maximum absolute atomic E-state index is 12.6. The molecular weight excluding hydrogens is 362 g/mol. The number of carbonyl (C=O) groups is 1. The molecule has 0 spiro atoms. The molecule has 142 valence electrons. The molecule has 1 aromatic heterocycles. The lowest BCUT2D eigenvalue weighted by molar-refractivity contribution is -0.384. The molecule has 0 saturated carbocycles. The van der Waals surface area contributed by atoms with Gasteiger partial charge >= 0.3 is 0 Å². The first-order valence-electron chi connectivity index (χ1n) is 8.32. The molecule has 0 fully saturated rings. The second kappa shape index (κ2) is 7.70. The van der Waals surface area contributed by atoms with Crippen LogP contribution in [0.1, 0.15) is 21.6 Å². The number of rotatable bonds is 5. The lowest BCUT2D eigenvalue weighted by Gasteiger charge is -2.08. The van der Waals surface area contributed by atoms with Crippen molar-refractivity contribution in [1.82, 2.24) is 14.8 Å². The van der Waals surface area contributed by atoms with Gasteiger partial charge in [0, 0.05) is 30.3 Å². The Morgan fingerprint density at radius 1 is 1.14 bits per heavy atom. The van der Waals surface area contributed by atoms with Crippen molar-refractivity contribution >= 4 is 17.8 Å². The normalized spacial score (nSPS) is 10.9. The van der Waals surface area contributed by atoms with Crippen LogP contribution in [0.3, 0.4) is 0 Å². The van der Waals surface area contributed by atoms with Gasteiger partial charge in [-0.15, -0.1) is 0 Å². The summed E-state index contributed by atoms with van der Waals surface area (Å²) in [5, 5.41) is 14.6. The van der Waals surface area contributed by atoms with E-state index in [1.165, 1.54) is 35.2 Å². The molecule has 0 bridgehead atoms. The van der Waals surface area contributed by atoms with Gasteiger partial charge in [-0.05, 0) is 31.2 Å². The lowest BCUT2D eigenvalue weighted by atomic mass is 10.2. The van der Waals surface area contributed by atoms with E-state index in [0.29, 0.717) is 16.9 Å². The number of hydrazone groups is 1. The van der Waals surface area contributed by atoms with Crippen molar-refractivity contribution in [2.45, 2.75) is 6.92 Å². The van der Waals surface area contributed by atoms with Crippen molar-refractivity contribution in [2.24, 2.45) is 12.1 Å². The van der Waals surface area contributed by atoms with Crippen molar-refractivity contribution in [3.63, 3.8) is 0 Å². The Kier molecular flexibility index (Phi) is 5.16. The first-order chi connectivity index (χ1) is 13.4. The van der Waals surface area contributed by atoms with Crippen LogP contribution in [0.2, 0.25) is 0 Å². The van der Waals surface area contributed by atoms with Crippen LogP contribution in [0, 0.1) is 17.0 Å². The second-order valence-corrected chi connectivity index (χ2v) is 5.99. The van der Waals surface area contributed by atoms with Gasteiger partial charge in [-0.3, -0.25) is 24.4 Å². The molecule has 0 saturated heterocycles. The third-order valence-corrected chi connectivity index (χ3v) is 4.24. The molecule has 3 aromatic rings. The molecule has 2 aromatic carbocycles. The Labute approximate surface area is 159 Å². The number of para-hydroxylation sites is 1. The van der Waals surface area contributed by atoms with Crippen LogP contribution in [0.5, 0.6) is 0 Å². The molecule has 0 unspecified atom stereocenters. The third kappa shape index (κ3) is 3.58. The average molecular weight is 379 g/mol. The molecule has 0 aliphatic heterocycles. The third-order valence-electron chi connectivity index (χ3n) is 4.24. The summed E-state index contributed by atoms with van der Waals surface area (Å²) < 4.78 is 3.16. The number of hydrogen-bond donors (Lipinski definition) is 1. The van der Waals surface area contributed by atoms with E-state index >= 15 is 0 Å². The Bertz CT molecular complexity index is 1110. The molecule has 9 nitrogen and oxygen atoms in total. The van der Waals surface area contributed by atoms with Crippen molar-refractivity contribution in [3.05, 3.63) is 91.9 Å². The number of nitro groups is 1. The molecule has 0 radical (unpaired) electrons. The van der Waals surface area contributed by atoms with Gasteiger partial charge in [0.25, 0.3) is 17.2 Å². The maximum Gasteiger partial charge on any atom is 0.274 e. The summed E-state index contributed by atoms with van der Waals surface area (Å²) in [6.45, 7) is 1.68. The zero-order chi connectivity index (χ0) is 20.3. The fraction of sp³-hybridized carbons (Fsp3) is 0.105. The lowest BCUT2D eigenvalue weighted by Crippen LogP contribution is -2.20. The Hall–Kier alpha value is -4.01. The molecule has 1 N–H and O–H groups in total. The van der Waals surface area contributed by atoms with Gasteiger partial charge in [0.05, 0.1) is 22.5 Å². The van der Waals surface area contributed by atoms with E-state index < -0.39 is 10.8 Å². The SMILES string of the molecule is Cc1c(/C=N\NC(=O)c2ccc([N+](=O)[O-])cc2)n(C)n(-c2ccccc2)c1=O. The van der Waals surface area contributed by atoms with E-state index in [1.807, 2.05) is 30.3 Å². The predicted molar refractivity (Wildman–Crippen MR) is 104 cm³/mol. The number of aromatic nitrogens is 2. The molecule has 1 amide bonds. The number of non-ortho nitro benzene ring substituents is 1. The predicted octanol–water partition coefficient (Wildman–Crippen LogP) is 2.16. The first-order valence-corrected chi connectivity index (χ1v) is 8.32. The van der Waals surface area contributed by atoms with Crippen LogP contribution < -0.4 is 11.0 Å². The molecular formula is C19H17N5O4. The highest BCUT2D eigenvalue weighted by molar-refractivity contribution is 5.95. The van der Waals surface area contributed by atoms with E-state index in [9.17, 15) is 19.7 Å². The first kappa shape index (κ1) is 18.8. The van der Waals surface area contributed by atoms with E-state index in [2.05, 4.69) is 10.5 Å². The van der Waals surface area contributed by atoms with E-state index in [1.54, 1.807) is 18.7 Å². The highest BCUT2D eigenvalue weighted by Crippen LogP contribution is 2.12. The van der Waals surface area contributed by atoms with Crippen LogP contribution in [0.25, 0.3) is 5.69 Å². The summed E-state index contributed by atoms with van der Waals surface area (Å²) in [5.41, 5.74) is 4.04. The summed E-state index contributed by atoms with van der Waals surface area (Å²) in [6.07, 6.45) is 1.39. The Morgan fingerprint density at radius 2 is 1.79 bits per heavy atom. The number of benzene rings is 2. The maximum atomic E-state index is 12.6. The van der Waals surface area contributed by atoms with E-state index in [-0.39, 0.29) is 16.8 Å². The van der Waals surface area contributed by atoms with Gasteiger partial charge in [0.15, 0.2) is 0 Å². The number of amides is 1. The van der Waals surface area contributed by atoms with E-state index in [0.717, 1.165) is 0 Å². The summed E-state index contributed by atoms with van der Waals surface area (Å²) >= 11 is 0. The van der Waals surface area contributed by atoms with Crippen LogP contribution in [-0.2, 0) is 7.05 Å². The highest BCUT2D eigenvalue weighted by atomic mass is 16.6. The van der Waals surface area contributed by atoms with Crippen LogP contribution in [0.15, 0.2) is 64.5 Å². The zero-order valence-electron chi connectivity index (χ0n) is 15.2. The highest BCUT2D eigenvalue weighted by Gasteiger charge is 2.14. The van der Waals surface area contributed by atoms with Gasteiger partial charge in [0.1, 0.15) is 0 Å². The van der Waals surface area contributed by atoms with Crippen molar-refractivity contribution < 1.29 is 9.72 Å². The molecule has 28 heavy (non-hydrogen) atoms. The fourth-order valence-corrected chi connectivity index (χ4v) is 2.75. The molecule has 0 aliphatic carbocycles. The minimum absolute atomic E-state index is 0.104. The van der Waals surface area contributed by atoms with Crippen LogP contribution in [-0.4, -0.2) is 26.4 Å².